The molecule has 1 unspecified atom stereocenters. The normalized spacial score (nSPS) is 22.8. The molecule has 0 saturated carbocycles. The number of nitrogens with zero attached hydrogens (tertiary/aromatic N) is 1. The highest BCUT2D eigenvalue weighted by molar-refractivity contribution is 6.40. The summed E-state index contributed by atoms with van der Waals surface area (Å²) in [5, 5.41) is 17.2. The van der Waals surface area contributed by atoms with Gasteiger partial charge in [-0.05, 0) is 24.9 Å². The summed E-state index contributed by atoms with van der Waals surface area (Å²) >= 11 is 0. The summed E-state index contributed by atoms with van der Waals surface area (Å²) in [5.41, 5.74) is 0. The highest BCUT2D eigenvalue weighted by Gasteiger charge is 2.15. The van der Waals surface area contributed by atoms with Crippen LogP contribution in [0.4, 0.5) is 0 Å². The van der Waals surface area contributed by atoms with Gasteiger partial charge in [-0.2, -0.15) is 0 Å². The molecular weight excluding hydrogens is 141 g/mol. The summed E-state index contributed by atoms with van der Waals surface area (Å²) in [6.45, 7) is 1.01. The molecule has 1 aliphatic heterocycles. The number of hydrogen-bond donors (Lipinski definition) is 2. The molecule has 0 spiro atoms. The summed E-state index contributed by atoms with van der Waals surface area (Å²) < 4.78 is 0. The first kappa shape index (κ1) is 8.62. The van der Waals surface area contributed by atoms with E-state index in [0.29, 0.717) is 12.2 Å². The molecule has 0 aliphatic carbocycles. The molecule has 1 aliphatic rings. The van der Waals surface area contributed by atoms with Crippen LogP contribution in [0.3, 0.4) is 0 Å². The van der Waals surface area contributed by atoms with Crippen LogP contribution in [0.2, 0.25) is 6.32 Å². The summed E-state index contributed by atoms with van der Waals surface area (Å²) in [6, 6.07) is 0. The van der Waals surface area contributed by atoms with E-state index in [0.717, 1.165) is 13.0 Å². The molecule has 0 aromatic heterocycles. The van der Waals surface area contributed by atoms with Gasteiger partial charge in [0.2, 0.25) is 0 Å². The highest BCUT2D eigenvalue weighted by atomic mass is 16.4. The van der Waals surface area contributed by atoms with Gasteiger partial charge in [-0.25, -0.2) is 0 Å². The fourth-order valence-corrected chi connectivity index (χ4v) is 1.31. The monoisotopic (exact) mass is 155 g/mol. The van der Waals surface area contributed by atoms with Crippen LogP contribution in [-0.4, -0.2) is 35.7 Å². The van der Waals surface area contributed by atoms with Crippen LogP contribution in [0.1, 0.15) is 6.42 Å². The molecule has 1 rings (SSSR count). The van der Waals surface area contributed by atoms with Crippen LogP contribution in [0.15, 0.2) is 12.3 Å². The van der Waals surface area contributed by atoms with Crippen LogP contribution < -0.4 is 0 Å². The first-order chi connectivity index (χ1) is 5.18. The fraction of sp³-hybridized carbons (Fsp3) is 0.714. The Bertz CT molecular complexity index is 149. The molecule has 0 aromatic rings. The molecule has 1 atom stereocenters. The van der Waals surface area contributed by atoms with Gasteiger partial charge >= 0.3 is 7.12 Å². The lowest BCUT2D eigenvalue weighted by Crippen LogP contribution is -2.16. The zero-order valence-corrected chi connectivity index (χ0v) is 6.77. The Labute approximate surface area is 67.5 Å². The maximum atomic E-state index is 8.60. The Morgan fingerprint density at radius 2 is 2.36 bits per heavy atom. The molecule has 0 aromatic carbocycles. The van der Waals surface area contributed by atoms with Crippen molar-refractivity contribution in [2.75, 3.05) is 13.6 Å². The molecule has 11 heavy (non-hydrogen) atoms. The molecule has 0 radical (unpaired) electrons. The number of rotatable bonds is 3. The quantitative estimate of drug-likeness (QED) is 0.560. The third kappa shape index (κ3) is 2.95. The molecule has 0 bridgehead atoms. The molecule has 0 saturated heterocycles. The third-order valence-electron chi connectivity index (χ3n) is 1.93. The van der Waals surface area contributed by atoms with Crippen molar-refractivity contribution >= 4 is 7.12 Å². The summed E-state index contributed by atoms with van der Waals surface area (Å²) in [4.78, 5) is 2.11. The van der Waals surface area contributed by atoms with E-state index in [1.165, 1.54) is 0 Å². The van der Waals surface area contributed by atoms with E-state index in [4.69, 9.17) is 10.0 Å². The van der Waals surface area contributed by atoms with E-state index in [-0.39, 0.29) is 0 Å². The van der Waals surface area contributed by atoms with Crippen molar-refractivity contribution in [1.29, 1.82) is 0 Å². The minimum Gasteiger partial charge on any atom is -0.427 e. The van der Waals surface area contributed by atoms with Crippen molar-refractivity contribution in [3.05, 3.63) is 12.3 Å². The molecule has 4 heteroatoms. The van der Waals surface area contributed by atoms with Crippen LogP contribution in [0.5, 0.6) is 0 Å². The maximum Gasteiger partial charge on any atom is 0.451 e. The summed E-state index contributed by atoms with van der Waals surface area (Å²) in [6.07, 6.45) is 5.48. The summed E-state index contributed by atoms with van der Waals surface area (Å²) in [7, 11) is 0.876. The van der Waals surface area contributed by atoms with Gasteiger partial charge in [0.15, 0.2) is 0 Å². The van der Waals surface area contributed by atoms with Gasteiger partial charge in [0, 0.05) is 13.6 Å². The second-order valence-electron chi connectivity index (χ2n) is 3.10. The first-order valence-corrected chi connectivity index (χ1v) is 3.93. The van der Waals surface area contributed by atoms with Crippen molar-refractivity contribution in [2.45, 2.75) is 12.7 Å². The van der Waals surface area contributed by atoms with Crippen molar-refractivity contribution < 1.29 is 10.0 Å². The van der Waals surface area contributed by atoms with Crippen molar-refractivity contribution in [1.82, 2.24) is 4.90 Å². The second kappa shape index (κ2) is 3.78. The average molecular weight is 155 g/mol. The molecule has 1 heterocycles. The Morgan fingerprint density at radius 3 is 2.82 bits per heavy atom. The lowest BCUT2D eigenvalue weighted by Gasteiger charge is -2.11. The van der Waals surface area contributed by atoms with Gasteiger partial charge in [-0.1, -0.05) is 6.08 Å². The van der Waals surface area contributed by atoms with E-state index < -0.39 is 7.12 Å². The third-order valence-corrected chi connectivity index (χ3v) is 1.93. The Hall–Kier alpha value is -0.475. The molecule has 3 nitrogen and oxygen atoms in total. The van der Waals surface area contributed by atoms with Crippen LogP contribution in [0.25, 0.3) is 0 Å². The highest BCUT2D eigenvalue weighted by Crippen LogP contribution is 2.16. The maximum absolute atomic E-state index is 8.60. The van der Waals surface area contributed by atoms with Crippen molar-refractivity contribution in [3.8, 4) is 0 Å². The lowest BCUT2D eigenvalue weighted by atomic mass is 9.81. The summed E-state index contributed by atoms with van der Waals surface area (Å²) in [5.74, 6) is 0.502. The lowest BCUT2D eigenvalue weighted by molar-refractivity contribution is 0.386. The predicted octanol–water partition coefficient (Wildman–Crippen LogP) is -0.0754. The molecular formula is C7H14BNO2. The van der Waals surface area contributed by atoms with E-state index >= 15 is 0 Å². The standard InChI is InChI=1S/C7H14BNO2/c1-9-5-3-7(6-9)2-4-8(10)11/h3,5,7,10-11H,2,4,6H2,1H3. The first-order valence-electron chi connectivity index (χ1n) is 3.93. The SMILES string of the molecule is CN1C=CC(CCB(O)O)C1. The Kier molecular flexibility index (Phi) is 2.97. The minimum absolute atomic E-state index is 0.475. The molecule has 2 N–H and O–H groups in total. The van der Waals surface area contributed by atoms with Gasteiger partial charge in [0.05, 0.1) is 0 Å². The molecule has 62 valence electrons. The van der Waals surface area contributed by atoms with Crippen LogP contribution >= 0.6 is 0 Å². The van der Waals surface area contributed by atoms with Crippen molar-refractivity contribution in [2.24, 2.45) is 5.92 Å². The average Bonchev–Trinajstić information content (AvgIpc) is 2.31. The Balaban J connectivity index is 2.14. The second-order valence-corrected chi connectivity index (χ2v) is 3.10. The zero-order valence-electron chi connectivity index (χ0n) is 6.77. The van der Waals surface area contributed by atoms with Crippen LogP contribution in [0, 0.1) is 5.92 Å². The van der Waals surface area contributed by atoms with Crippen LogP contribution in [-0.2, 0) is 0 Å². The van der Waals surface area contributed by atoms with E-state index in [1.807, 2.05) is 13.2 Å². The van der Waals surface area contributed by atoms with Gasteiger partial charge in [-0.3, -0.25) is 0 Å². The van der Waals surface area contributed by atoms with Gasteiger partial charge in [0.1, 0.15) is 0 Å². The van der Waals surface area contributed by atoms with Crippen molar-refractivity contribution in [3.63, 3.8) is 0 Å². The number of hydrogen-bond acceptors (Lipinski definition) is 3. The zero-order chi connectivity index (χ0) is 8.27. The minimum atomic E-state index is -1.14. The fourth-order valence-electron chi connectivity index (χ4n) is 1.31. The largest absolute Gasteiger partial charge is 0.451 e. The Morgan fingerprint density at radius 1 is 1.64 bits per heavy atom. The van der Waals surface area contributed by atoms with Gasteiger partial charge in [-0.15, -0.1) is 0 Å². The molecule has 0 amide bonds. The topological polar surface area (TPSA) is 43.7 Å². The van der Waals surface area contributed by atoms with Gasteiger partial charge in [0.25, 0.3) is 0 Å². The van der Waals surface area contributed by atoms with E-state index in [2.05, 4.69) is 11.0 Å². The molecule has 0 fully saturated rings. The predicted molar refractivity (Wildman–Crippen MR) is 44.9 cm³/mol. The van der Waals surface area contributed by atoms with E-state index in [9.17, 15) is 0 Å². The van der Waals surface area contributed by atoms with E-state index in [1.54, 1.807) is 0 Å². The van der Waals surface area contributed by atoms with Gasteiger partial charge < -0.3 is 14.9 Å². The smallest absolute Gasteiger partial charge is 0.427 e.